The molecule has 1 atom stereocenters. The molecule has 1 aromatic rings. The number of rotatable bonds is 7. The Balaban J connectivity index is 0.00000361. The molecule has 3 N–H and O–H groups in total. The standard InChI is InChI=1S/C12H16F2N2O3.ClH/c1-18-6-8(15)12(17)16-9-4-2-3-5-10(9)19-7-11(13)14;/h2-5,8,11H,6-7,15H2,1H3,(H,16,17);1H. The first-order chi connectivity index (χ1) is 9.04. The van der Waals surface area contributed by atoms with Crippen LogP contribution in [0.4, 0.5) is 14.5 Å². The fourth-order valence-corrected chi connectivity index (χ4v) is 1.33. The summed E-state index contributed by atoms with van der Waals surface area (Å²) in [5, 5.41) is 2.51. The lowest BCUT2D eigenvalue weighted by molar-refractivity contribution is -0.118. The van der Waals surface area contributed by atoms with Crippen molar-refractivity contribution in [1.82, 2.24) is 0 Å². The Morgan fingerprint density at radius 3 is 2.60 bits per heavy atom. The molecule has 0 aliphatic carbocycles. The Hall–Kier alpha value is -1.44. The lowest BCUT2D eigenvalue weighted by Gasteiger charge is -2.14. The Bertz CT molecular complexity index is 421. The van der Waals surface area contributed by atoms with E-state index in [1.807, 2.05) is 0 Å². The molecule has 0 aromatic heterocycles. The van der Waals surface area contributed by atoms with E-state index in [2.05, 4.69) is 5.32 Å². The van der Waals surface area contributed by atoms with Gasteiger partial charge in [-0.1, -0.05) is 12.1 Å². The summed E-state index contributed by atoms with van der Waals surface area (Å²) in [5.41, 5.74) is 5.84. The molecule has 1 amide bonds. The van der Waals surface area contributed by atoms with E-state index >= 15 is 0 Å². The van der Waals surface area contributed by atoms with E-state index in [1.165, 1.54) is 19.2 Å². The molecule has 0 saturated heterocycles. The molecule has 114 valence electrons. The van der Waals surface area contributed by atoms with Crippen LogP contribution >= 0.6 is 12.4 Å². The van der Waals surface area contributed by atoms with Crippen molar-refractivity contribution in [3.05, 3.63) is 24.3 Å². The first kappa shape index (κ1) is 18.6. The second-order valence-electron chi connectivity index (χ2n) is 3.75. The van der Waals surface area contributed by atoms with E-state index in [0.717, 1.165) is 0 Å². The maximum atomic E-state index is 12.1. The van der Waals surface area contributed by atoms with Crippen molar-refractivity contribution >= 4 is 24.0 Å². The molecule has 0 spiro atoms. The minimum Gasteiger partial charge on any atom is -0.485 e. The van der Waals surface area contributed by atoms with Gasteiger partial charge in [0.1, 0.15) is 18.4 Å². The predicted molar refractivity (Wildman–Crippen MR) is 73.7 cm³/mol. The molecule has 1 rings (SSSR count). The van der Waals surface area contributed by atoms with Crippen molar-refractivity contribution in [1.29, 1.82) is 0 Å². The molecule has 5 nitrogen and oxygen atoms in total. The number of methoxy groups -OCH3 is 1. The average Bonchev–Trinajstić information content (AvgIpc) is 2.37. The number of ether oxygens (including phenoxy) is 2. The van der Waals surface area contributed by atoms with E-state index in [-0.39, 0.29) is 24.8 Å². The summed E-state index contributed by atoms with van der Waals surface area (Å²) >= 11 is 0. The summed E-state index contributed by atoms with van der Waals surface area (Å²) in [5.74, 6) is -0.310. The third kappa shape index (κ3) is 6.14. The number of amides is 1. The Morgan fingerprint density at radius 1 is 1.35 bits per heavy atom. The molecule has 20 heavy (non-hydrogen) atoms. The quantitative estimate of drug-likeness (QED) is 0.803. The van der Waals surface area contributed by atoms with Gasteiger partial charge in [0, 0.05) is 7.11 Å². The molecular formula is C12H17ClF2N2O3. The summed E-state index contributed by atoms with van der Waals surface area (Å²) in [6.45, 7) is -0.678. The van der Waals surface area contributed by atoms with Crippen molar-refractivity contribution in [2.45, 2.75) is 12.5 Å². The summed E-state index contributed by atoms with van der Waals surface area (Å²) in [6, 6.07) is 5.45. The minimum atomic E-state index is -2.58. The van der Waals surface area contributed by atoms with Crippen molar-refractivity contribution in [3.63, 3.8) is 0 Å². The van der Waals surface area contributed by atoms with Crippen LogP contribution in [-0.2, 0) is 9.53 Å². The highest BCUT2D eigenvalue weighted by Gasteiger charge is 2.15. The molecule has 0 aliphatic rings. The minimum absolute atomic E-state index is 0. The van der Waals surface area contributed by atoms with E-state index < -0.39 is 25.0 Å². The first-order valence-electron chi connectivity index (χ1n) is 5.60. The third-order valence-corrected chi connectivity index (χ3v) is 2.19. The smallest absolute Gasteiger partial charge is 0.272 e. The van der Waals surface area contributed by atoms with Gasteiger partial charge in [-0.2, -0.15) is 0 Å². The number of nitrogens with two attached hydrogens (primary N) is 1. The SMILES string of the molecule is COCC(N)C(=O)Nc1ccccc1OCC(F)F.Cl. The molecule has 0 bridgehead atoms. The monoisotopic (exact) mass is 310 g/mol. The Morgan fingerprint density at radius 2 is 2.00 bits per heavy atom. The van der Waals surface area contributed by atoms with Crippen molar-refractivity contribution in [3.8, 4) is 5.75 Å². The molecule has 0 aliphatic heterocycles. The Kier molecular flexibility index (Phi) is 8.78. The van der Waals surface area contributed by atoms with Crippen LogP contribution in [0.15, 0.2) is 24.3 Å². The van der Waals surface area contributed by atoms with Crippen LogP contribution in [0.3, 0.4) is 0 Å². The zero-order chi connectivity index (χ0) is 14.3. The van der Waals surface area contributed by atoms with Gasteiger partial charge in [-0.15, -0.1) is 12.4 Å². The first-order valence-corrected chi connectivity index (χ1v) is 5.60. The summed E-state index contributed by atoms with van der Waals surface area (Å²) in [4.78, 5) is 11.7. The number of para-hydroxylation sites is 2. The molecule has 1 aromatic carbocycles. The van der Waals surface area contributed by atoms with Gasteiger partial charge in [0.2, 0.25) is 5.91 Å². The van der Waals surface area contributed by atoms with Gasteiger partial charge in [-0.25, -0.2) is 8.78 Å². The molecule has 0 radical (unpaired) electrons. The fourth-order valence-electron chi connectivity index (χ4n) is 1.33. The van der Waals surface area contributed by atoms with Crippen LogP contribution in [0.1, 0.15) is 0 Å². The molecule has 8 heteroatoms. The lowest BCUT2D eigenvalue weighted by atomic mass is 10.2. The number of benzene rings is 1. The lowest BCUT2D eigenvalue weighted by Crippen LogP contribution is -2.39. The largest absolute Gasteiger partial charge is 0.485 e. The number of alkyl halides is 2. The fraction of sp³-hybridized carbons (Fsp3) is 0.417. The van der Waals surface area contributed by atoms with Gasteiger partial charge < -0.3 is 20.5 Å². The molecule has 0 fully saturated rings. The van der Waals surface area contributed by atoms with E-state index in [1.54, 1.807) is 12.1 Å². The molecular weight excluding hydrogens is 294 g/mol. The summed E-state index contributed by atoms with van der Waals surface area (Å²) < 4.78 is 33.8. The van der Waals surface area contributed by atoms with E-state index in [9.17, 15) is 13.6 Å². The number of carbonyl (C=O) groups is 1. The number of hydrogen-bond acceptors (Lipinski definition) is 4. The van der Waals surface area contributed by atoms with Crippen LogP contribution in [-0.4, -0.2) is 38.7 Å². The second kappa shape index (κ2) is 9.46. The number of anilines is 1. The molecule has 1 unspecified atom stereocenters. The van der Waals surface area contributed by atoms with Crippen LogP contribution in [0.2, 0.25) is 0 Å². The van der Waals surface area contributed by atoms with E-state index in [4.69, 9.17) is 15.2 Å². The van der Waals surface area contributed by atoms with Crippen LogP contribution in [0, 0.1) is 0 Å². The highest BCUT2D eigenvalue weighted by atomic mass is 35.5. The van der Waals surface area contributed by atoms with Crippen molar-refractivity contribution in [2.24, 2.45) is 5.73 Å². The Labute approximate surface area is 121 Å². The molecule has 0 saturated carbocycles. The summed E-state index contributed by atoms with van der Waals surface area (Å²) in [7, 11) is 1.42. The van der Waals surface area contributed by atoms with Crippen LogP contribution in [0.5, 0.6) is 5.75 Å². The predicted octanol–water partition coefficient (Wildman–Crippen LogP) is 1.66. The van der Waals surface area contributed by atoms with Gasteiger partial charge in [0.25, 0.3) is 6.43 Å². The third-order valence-electron chi connectivity index (χ3n) is 2.19. The average molecular weight is 311 g/mol. The highest BCUT2D eigenvalue weighted by Crippen LogP contribution is 2.24. The van der Waals surface area contributed by atoms with Crippen LogP contribution < -0.4 is 15.8 Å². The van der Waals surface area contributed by atoms with Crippen molar-refractivity contribution in [2.75, 3.05) is 25.6 Å². The zero-order valence-corrected chi connectivity index (χ0v) is 11.7. The number of carbonyl (C=O) groups excluding carboxylic acids is 1. The highest BCUT2D eigenvalue weighted by molar-refractivity contribution is 5.96. The topological polar surface area (TPSA) is 73.6 Å². The zero-order valence-electron chi connectivity index (χ0n) is 10.8. The van der Waals surface area contributed by atoms with Gasteiger partial charge in [0.15, 0.2) is 0 Å². The maximum Gasteiger partial charge on any atom is 0.272 e. The van der Waals surface area contributed by atoms with Gasteiger partial charge in [-0.05, 0) is 12.1 Å². The number of hydrogen-bond donors (Lipinski definition) is 2. The van der Waals surface area contributed by atoms with Gasteiger partial charge in [0.05, 0.1) is 12.3 Å². The number of halogens is 3. The summed E-state index contributed by atoms with van der Waals surface area (Å²) in [6.07, 6.45) is -2.58. The van der Waals surface area contributed by atoms with Gasteiger partial charge in [-0.3, -0.25) is 4.79 Å². The van der Waals surface area contributed by atoms with Crippen LogP contribution in [0.25, 0.3) is 0 Å². The van der Waals surface area contributed by atoms with Gasteiger partial charge >= 0.3 is 0 Å². The normalized spacial score (nSPS) is 11.7. The second-order valence-corrected chi connectivity index (χ2v) is 3.75. The van der Waals surface area contributed by atoms with Crippen molar-refractivity contribution < 1.29 is 23.0 Å². The van der Waals surface area contributed by atoms with E-state index in [0.29, 0.717) is 5.69 Å². The molecule has 0 heterocycles. The maximum absolute atomic E-state index is 12.1. The number of nitrogens with one attached hydrogen (secondary N) is 1.